The van der Waals surface area contributed by atoms with Crippen molar-refractivity contribution in [3.8, 4) is 5.75 Å². The number of para-hydroxylation sites is 2. The zero-order chi connectivity index (χ0) is 12.5. The minimum absolute atomic E-state index is 0.297. The van der Waals surface area contributed by atoms with Crippen LogP contribution in [0.3, 0.4) is 0 Å². The Morgan fingerprint density at radius 3 is 2.72 bits per heavy atom. The highest BCUT2D eigenvalue weighted by Gasteiger charge is 2.07. The topological polar surface area (TPSA) is 38.0 Å². The van der Waals surface area contributed by atoms with E-state index >= 15 is 0 Å². The van der Waals surface area contributed by atoms with E-state index in [9.17, 15) is 5.11 Å². The van der Waals surface area contributed by atoms with Gasteiger partial charge in [0.25, 0.3) is 0 Å². The molecule has 1 aromatic heterocycles. The number of phenols is 1. The van der Waals surface area contributed by atoms with Gasteiger partial charge in [0.2, 0.25) is 0 Å². The molecule has 0 unspecified atom stereocenters. The molecule has 3 rings (SSSR count). The average molecular weight is 238 g/mol. The number of phenolic OH excluding ortho intramolecular Hbond substituents is 1. The van der Waals surface area contributed by atoms with Gasteiger partial charge in [0.05, 0.1) is 11.0 Å². The summed E-state index contributed by atoms with van der Waals surface area (Å²) in [6.45, 7) is 0. The van der Waals surface area contributed by atoms with Gasteiger partial charge in [-0.3, -0.25) is 0 Å². The molecule has 0 aliphatic rings. The molecule has 0 radical (unpaired) electrons. The molecule has 18 heavy (non-hydrogen) atoms. The van der Waals surface area contributed by atoms with Crippen LogP contribution in [0.25, 0.3) is 11.0 Å². The van der Waals surface area contributed by atoms with Crippen molar-refractivity contribution >= 4 is 11.0 Å². The summed E-state index contributed by atoms with van der Waals surface area (Å²) in [4.78, 5) is 4.62. The van der Waals surface area contributed by atoms with E-state index < -0.39 is 0 Å². The Morgan fingerprint density at radius 1 is 1.11 bits per heavy atom. The molecular formula is C15H14N2O. The van der Waals surface area contributed by atoms with Crippen LogP contribution in [0.15, 0.2) is 48.5 Å². The number of rotatable bonds is 2. The van der Waals surface area contributed by atoms with Crippen molar-refractivity contribution in [2.45, 2.75) is 6.42 Å². The lowest BCUT2D eigenvalue weighted by atomic mass is 10.1. The molecule has 0 bridgehead atoms. The molecule has 0 amide bonds. The summed E-state index contributed by atoms with van der Waals surface area (Å²) in [7, 11) is 2.02. The summed E-state index contributed by atoms with van der Waals surface area (Å²) in [6, 6.07) is 15.4. The Hall–Kier alpha value is -2.29. The van der Waals surface area contributed by atoms with Crippen molar-refractivity contribution in [1.82, 2.24) is 9.55 Å². The lowest BCUT2D eigenvalue weighted by Gasteiger charge is -2.03. The molecule has 90 valence electrons. The van der Waals surface area contributed by atoms with Gasteiger partial charge in [-0.15, -0.1) is 0 Å². The minimum Gasteiger partial charge on any atom is -0.508 e. The summed E-state index contributed by atoms with van der Waals surface area (Å²) < 4.78 is 2.10. The van der Waals surface area contributed by atoms with Crippen LogP contribution in [0.1, 0.15) is 11.4 Å². The number of aryl methyl sites for hydroxylation is 1. The van der Waals surface area contributed by atoms with Crippen molar-refractivity contribution in [3.63, 3.8) is 0 Å². The fraction of sp³-hybridized carbons (Fsp3) is 0.133. The standard InChI is InChI=1S/C15H14N2O/c1-17-14-8-3-2-7-13(14)16-15(17)10-11-5-4-6-12(18)9-11/h2-9,18H,10H2,1H3. The average Bonchev–Trinajstić information content (AvgIpc) is 2.67. The monoisotopic (exact) mass is 238 g/mol. The molecule has 1 heterocycles. The molecule has 0 aliphatic carbocycles. The molecule has 0 saturated carbocycles. The second-order valence-corrected chi connectivity index (χ2v) is 4.42. The molecule has 3 heteroatoms. The van der Waals surface area contributed by atoms with Crippen molar-refractivity contribution in [3.05, 3.63) is 59.9 Å². The Balaban J connectivity index is 2.02. The Bertz CT molecular complexity index is 701. The molecule has 2 aromatic carbocycles. The predicted molar refractivity (Wildman–Crippen MR) is 71.6 cm³/mol. The van der Waals surface area contributed by atoms with Gasteiger partial charge in [-0.05, 0) is 29.8 Å². The summed E-state index contributed by atoms with van der Waals surface area (Å²) in [6.07, 6.45) is 0.722. The van der Waals surface area contributed by atoms with E-state index in [1.807, 2.05) is 37.4 Å². The fourth-order valence-electron chi connectivity index (χ4n) is 2.20. The smallest absolute Gasteiger partial charge is 0.115 e. The van der Waals surface area contributed by atoms with E-state index in [-0.39, 0.29) is 0 Å². The summed E-state index contributed by atoms with van der Waals surface area (Å²) in [5.41, 5.74) is 3.20. The van der Waals surface area contributed by atoms with E-state index in [1.165, 1.54) is 0 Å². The Morgan fingerprint density at radius 2 is 1.94 bits per heavy atom. The summed E-state index contributed by atoms with van der Waals surface area (Å²) >= 11 is 0. The second-order valence-electron chi connectivity index (χ2n) is 4.42. The molecular weight excluding hydrogens is 224 g/mol. The molecule has 0 spiro atoms. The van der Waals surface area contributed by atoms with Crippen LogP contribution in [-0.4, -0.2) is 14.7 Å². The molecule has 3 nitrogen and oxygen atoms in total. The van der Waals surface area contributed by atoms with Crippen molar-refractivity contribution in [2.24, 2.45) is 7.05 Å². The van der Waals surface area contributed by atoms with E-state index in [0.717, 1.165) is 28.8 Å². The lowest BCUT2D eigenvalue weighted by Crippen LogP contribution is -1.98. The van der Waals surface area contributed by atoms with Gasteiger partial charge in [-0.25, -0.2) is 4.98 Å². The molecule has 0 atom stereocenters. The quantitative estimate of drug-likeness (QED) is 0.745. The lowest BCUT2D eigenvalue weighted by molar-refractivity contribution is 0.474. The molecule has 1 N–H and O–H groups in total. The summed E-state index contributed by atoms with van der Waals surface area (Å²) in [5.74, 6) is 1.30. The Kier molecular flexibility index (Phi) is 2.52. The zero-order valence-electron chi connectivity index (χ0n) is 10.2. The highest BCUT2D eigenvalue weighted by molar-refractivity contribution is 5.75. The first-order chi connectivity index (χ1) is 8.74. The van der Waals surface area contributed by atoms with Crippen LogP contribution in [0.2, 0.25) is 0 Å². The predicted octanol–water partition coefficient (Wildman–Crippen LogP) is 2.87. The first-order valence-corrected chi connectivity index (χ1v) is 5.92. The van der Waals surface area contributed by atoms with Crippen LogP contribution < -0.4 is 0 Å². The van der Waals surface area contributed by atoms with Crippen LogP contribution in [0.5, 0.6) is 5.75 Å². The van der Waals surface area contributed by atoms with Crippen LogP contribution in [0.4, 0.5) is 0 Å². The third-order valence-electron chi connectivity index (χ3n) is 3.15. The molecule has 0 saturated heterocycles. The number of benzene rings is 2. The van der Waals surface area contributed by atoms with Crippen LogP contribution in [-0.2, 0) is 13.5 Å². The van der Waals surface area contributed by atoms with Gasteiger partial charge in [0, 0.05) is 13.5 Å². The van der Waals surface area contributed by atoms with E-state index in [0.29, 0.717) is 5.75 Å². The Labute approximate surface area is 105 Å². The van der Waals surface area contributed by atoms with Crippen LogP contribution >= 0.6 is 0 Å². The number of imidazole rings is 1. The molecule has 0 fully saturated rings. The number of hydrogen-bond donors (Lipinski definition) is 1. The van der Waals surface area contributed by atoms with Crippen LogP contribution in [0, 0.1) is 0 Å². The second kappa shape index (κ2) is 4.18. The molecule has 3 aromatic rings. The van der Waals surface area contributed by atoms with Crippen molar-refractivity contribution in [1.29, 1.82) is 0 Å². The number of fused-ring (bicyclic) bond motifs is 1. The van der Waals surface area contributed by atoms with E-state index in [1.54, 1.807) is 12.1 Å². The maximum Gasteiger partial charge on any atom is 0.115 e. The van der Waals surface area contributed by atoms with Gasteiger partial charge in [-0.1, -0.05) is 24.3 Å². The maximum atomic E-state index is 9.47. The van der Waals surface area contributed by atoms with E-state index in [4.69, 9.17) is 0 Å². The van der Waals surface area contributed by atoms with Gasteiger partial charge in [0.1, 0.15) is 11.6 Å². The van der Waals surface area contributed by atoms with Crippen molar-refractivity contribution < 1.29 is 5.11 Å². The minimum atomic E-state index is 0.297. The number of aromatic nitrogens is 2. The third kappa shape index (κ3) is 1.84. The SMILES string of the molecule is Cn1c(Cc2cccc(O)c2)nc2ccccc21. The summed E-state index contributed by atoms with van der Waals surface area (Å²) in [5, 5.41) is 9.47. The normalized spacial score (nSPS) is 10.9. The molecule has 0 aliphatic heterocycles. The number of aromatic hydroxyl groups is 1. The van der Waals surface area contributed by atoms with E-state index in [2.05, 4.69) is 15.6 Å². The largest absolute Gasteiger partial charge is 0.508 e. The first-order valence-electron chi connectivity index (χ1n) is 5.92. The highest BCUT2D eigenvalue weighted by Crippen LogP contribution is 2.18. The number of hydrogen-bond acceptors (Lipinski definition) is 2. The fourth-order valence-corrected chi connectivity index (χ4v) is 2.20. The van der Waals surface area contributed by atoms with Gasteiger partial charge in [-0.2, -0.15) is 0 Å². The van der Waals surface area contributed by atoms with Gasteiger partial charge < -0.3 is 9.67 Å². The first kappa shape index (κ1) is 10.8. The number of nitrogens with zero attached hydrogens (tertiary/aromatic N) is 2. The van der Waals surface area contributed by atoms with Gasteiger partial charge >= 0.3 is 0 Å². The maximum absolute atomic E-state index is 9.47. The van der Waals surface area contributed by atoms with Crippen molar-refractivity contribution in [2.75, 3.05) is 0 Å². The third-order valence-corrected chi connectivity index (χ3v) is 3.15. The highest BCUT2D eigenvalue weighted by atomic mass is 16.3. The zero-order valence-corrected chi connectivity index (χ0v) is 10.2. The van der Waals surface area contributed by atoms with Gasteiger partial charge in [0.15, 0.2) is 0 Å².